The highest BCUT2D eigenvalue weighted by molar-refractivity contribution is 5.86. The zero-order valence-electron chi connectivity index (χ0n) is 19.5. The summed E-state index contributed by atoms with van der Waals surface area (Å²) in [5, 5.41) is 7.65. The number of aromatic nitrogens is 4. The van der Waals surface area contributed by atoms with E-state index in [1.807, 2.05) is 30.5 Å². The van der Waals surface area contributed by atoms with E-state index in [4.69, 9.17) is 0 Å². The number of hydrogen-bond acceptors (Lipinski definition) is 6. The maximum absolute atomic E-state index is 14.8. The molecule has 0 saturated carbocycles. The lowest BCUT2D eigenvalue weighted by atomic mass is 10.0. The monoisotopic (exact) mass is 457 g/mol. The topological polar surface area (TPSA) is 70.9 Å². The molecule has 2 aliphatic rings. The summed E-state index contributed by atoms with van der Waals surface area (Å²) in [5.41, 5.74) is 4.61. The molecule has 1 saturated heterocycles. The van der Waals surface area contributed by atoms with Gasteiger partial charge in [0.05, 0.1) is 18.1 Å². The van der Waals surface area contributed by atoms with Crippen molar-refractivity contribution in [3.63, 3.8) is 0 Å². The minimum atomic E-state index is -0.445. The van der Waals surface area contributed by atoms with Gasteiger partial charge in [-0.15, -0.1) is 0 Å². The van der Waals surface area contributed by atoms with Crippen LogP contribution in [-0.2, 0) is 12.0 Å². The lowest BCUT2D eigenvalue weighted by Gasteiger charge is -2.29. The lowest BCUT2D eigenvalue weighted by molar-refractivity contribution is 0.387. The Bertz CT molecular complexity index is 1350. The molecule has 174 valence electrons. The van der Waals surface area contributed by atoms with Crippen LogP contribution < -0.4 is 15.5 Å². The highest BCUT2D eigenvalue weighted by Crippen LogP contribution is 2.38. The van der Waals surface area contributed by atoms with E-state index in [2.05, 4.69) is 61.0 Å². The van der Waals surface area contributed by atoms with Gasteiger partial charge in [-0.1, -0.05) is 12.1 Å². The maximum atomic E-state index is 14.8. The van der Waals surface area contributed by atoms with Crippen molar-refractivity contribution in [1.29, 1.82) is 0 Å². The Kier molecular flexibility index (Phi) is 4.99. The van der Waals surface area contributed by atoms with Crippen molar-refractivity contribution in [3.8, 4) is 11.3 Å². The van der Waals surface area contributed by atoms with E-state index in [1.54, 1.807) is 0 Å². The smallest absolute Gasteiger partial charge is 0.229 e. The summed E-state index contributed by atoms with van der Waals surface area (Å²) >= 11 is 0. The van der Waals surface area contributed by atoms with Crippen LogP contribution in [0.3, 0.4) is 0 Å². The number of anilines is 3. The average molecular weight is 458 g/mol. The fourth-order valence-electron chi connectivity index (χ4n) is 5.16. The second-order valence-corrected chi connectivity index (χ2v) is 9.71. The number of fused-ring (bicyclic) bond motifs is 3. The first-order valence-corrected chi connectivity index (χ1v) is 11.8. The van der Waals surface area contributed by atoms with Gasteiger partial charge in [-0.25, -0.2) is 19.3 Å². The third-order valence-electron chi connectivity index (χ3n) is 6.97. The van der Waals surface area contributed by atoms with Gasteiger partial charge >= 0.3 is 0 Å². The second kappa shape index (κ2) is 8.06. The Morgan fingerprint density at radius 2 is 1.88 bits per heavy atom. The molecule has 5 heterocycles. The van der Waals surface area contributed by atoms with Gasteiger partial charge in [0.1, 0.15) is 11.5 Å². The molecule has 7 nitrogen and oxygen atoms in total. The van der Waals surface area contributed by atoms with Crippen molar-refractivity contribution < 1.29 is 4.39 Å². The van der Waals surface area contributed by atoms with E-state index in [1.165, 1.54) is 17.3 Å². The van der Waals surface area contributed by atoms with Crippen LogP contribution in [-0.4, -0.2) is 45.7 Å². The van der Waals surface area contributed by atoms with Gasteiger partial charge in [-0.05, 0) is 56.3 Å². The molecular weight excluding hydrogens is 429 g/mol. The minimum absolute atomic E-state index is 0.0508. The third-order valence-corrected chi connectivity index (χ3v) is 6.97. The number of halogens is 1. The Balaban J connectivity index is 1.29. The zero-order chi connectivity index (χ0) is 23.3. The SMILES string of the molecule is CC1(C)CCc2cc3ccc(-c4nc(Nc5ccc(N6CCNCC6)cn5)ncc4F)cc3n21. The Hall–Kier alpha value is -3.52. The molecule has 0 amide bonds. The van der Waals surface area contributed by atoms with Crippen LogP contribution in [0.15, 0.2) is 48.8 Å². The maximum Gasteiger partial charge on any atom is 0.229 e. The quantitative estimate of drug-likeness (QED) is 0.471. The van der Waals surface area contributed by atoms with Crippen molar-refractivity contribution in [2.75, 3.05) is 36.4 Å². The molecule has 0 unspecified atom stereocenters. The molecule has 0 spiro atoms. The normalized spacial score (nSPS) is 17.2. The van der Waals surface area contributed by atoms with E-state index >= 15 is 0 Å². The molecule has 0 aliphatic carbocycles. The van der Waals surface area contributed by atoms with E-state index < -0.39 is 5.82 Å². The molecule has 0 atom stereocenters. The van der Waals surface area contributed by atoms with Gasteiger partial charge in [0, 0.05) is 48.5 Å². The van der Waals surface area contributed by atoms with E-state index in [0.29, 0.717) is 11.8 Å². The van der Waals surface area contributed by atoms with Crippen LogP contribution in [0.1, 0.15) is 26.0 Å². The van der Waals surface area contributed by atoms with E-state index in [-0.39, 0.29) is 11.2 Å². The fourth-order valence-corrected chi connectivity index (χ4v) is 5.16. The summed E-state index contributed by atoms with van der Waals surface area (Å²) in [4.78, 5) is 15.5. The number of pyridine rings is 1. The minimum Gasteiger partial charge on any atom is -0.368 e. The summed E-state index contributed by atoms with van der Waals surface area (Å²) in [6.07, 6.45) is 5.24. The molecule has 1 fully saturated rings. The number of benzene rings is 1. The molecule has 1 aromatic carbocycles. The van der Waals surface area contributed by atoms with Gasteiger partial charge < -0.3 is 20.1 Å². The van der Waals surface area contributed by atoms with E-state index in [0.717, 1.165) is 55.8 Å². The lowest BCUT2D eigenvalue weighted by Crippen LogP contribution is -2.43. The van der Waals surface area contributed by atoms with Crippen molar-refractivity contribution >= 4 is 28.4 Å². The molecule has 3 aromatic heterocycles. The first-order valence-electron chi connectivity index (χ1n) is 11.8. The fraction of sp³-hybridized carbons (Fsp3) is 0.346. The largest absolute Gasteiger partial charge is 0.368 e. The molecule has 6 rings (SSSR count). The number of aryl methyl sites for hydroxylation is 1. The van der Waals surface area contributed by atoms with Gasteiger partial charge in [0.15, 0.2) is 5.82 Å². The number of hydrogen-bond donors (Lipinski definition) is 2. The van der Waals surface area contributed by atoms with Crippen LogP contribution in [0, 0.1) is 5.82 Å². The number of nitrogens with one attached hydrogen (secondary N) is 2. The molecule has 34 heavy (non-hydrogen) atoms. The Morgan fingerprint density at radius 1 is 1.03 bits per heavy atom. The van der Waals surface area contributed by atoms with Gasteiger partial charge in [0.2, 0.25) is 5.95 Å². The van der Waals surface area contributed by atoms with Crippen LogP contribution in [0.5, 0.6) is 0 Å². The third kappa shape index (κ3) is 3.68. The summed E-state index contributed by atoms with van der Waals surface area (Å²) in [6, 6.07) is 12.2. The summed E-state index contributed by atoms with van der Waals surface area (Å²) in [5.74, 6) is 0.497. The first-order chi connectivity index (χ1) is 16.5. The standard InChI is InChI=1S/C26H28FN7/c1-26(2)8-7-19-13-17-3-4-18(14-22(17)34(19)26)24-21(27)16-30-25(32-24)31-23-6-5-20(15-29-23)33-11-9-28-10-12-33/h3-6,13-16,28H,7-12H2,1-2H3,(H,29,30,31,32). The summed E-state index contributed by atoms with van der Waals surface area (Å²) in [6.45, 7) is 8.38. The molecule has 8 heteroatoms. The van der Waals surface area contributed by atoms with Crippen molar-refractivity contribution in [3.05, 3.63) is 60.3 Å². The molecule has 4 aromatic rings. The van der Waals surface area contributed by atoms with Crippen LogP contribution in [0.25, 0.3) is 22.2 Å². The molecule has 2 N–H and O–H groups in total. The van der Waals surface area contributed by atoms with E-state index in [9.17, 15) is 4.39 Å². The van der Waals surface area contributed by atoms with Gasteiger partial charge in [0.25, 0.3) is 0 Å². The predicted molar refractivity (Wildman–Crippen MR) is 133 cm³/mol. The number of rotatable bonds is 4. The number of nitrogens with zero attached hydrogens (tertiary/aromatic N) is 5. The van der Waals surface area contributed by atoms with Crippen molar-refractivity contribution in [2.45, 2.75) is 32.2 Å². The van der Waals surface area contributed by atoms with Gasteiger partial charge in [-0.3, -0.25) is 0 Å². The highest BCUT2D eigenvalue weighted by Gasteiger charge is 2.31. The number of piperazine rings is 1. The predicted octanol–water partition coefficient (Wildman–Crippen LogP) is 4.47. The highest BCUT2D eigenvalue weighted by atomic mass is 19.1. The van der Waals surface area contributed by atoms with Crippen LogP contribution in [0.2, 0.25) is 0 Å². The molecule has 0 bridgehead atoms. The summed E-state index contributed by atoms with van der Waals surface area (Å²) < 4.78 is 17.2. The molecule has 2 aliphatic heterocycles. The molecular formula is C26H28FN7. The van der Waals surface area contributed by atoms with Crippen molar-refractivity contribution in [2.24, 2.45) is 0 Å². The second-order valence-electron chi connectivity index (χ2n) is 9.71. The van der Waals surface area contributed by atoms with Crippen molar-refractivity contribution in [1.82, 2.24) is 24.8 Å². The Morgan fingerprint density at radius 3 is 2.68 bits per heavy atom. The zero-order valence-corrected chi connectivity index (χ0v) is 19.5. The Labute approximate surface area is 198 Å². The first kappa shape index (κ1) is 21.0. The summed E-state index contributed by atoms with van der Waals surface area (Å²) in [7, 11) is 0. The van der Waals surface area contributed by atoms with Crippen LogP contribution >= 0.6 is 0 Å². The van der Waals surface area contributed by atoms with Crippen LogP contribution in [0.4, 0.5) is 21.8 Å². The van der Waals surface area contributed by atoms with Gasteiger partial charge in [-0.2, -0.15) is 0 Å². The molecule has 0 radical (unpaired) electrons. The average Bonchev–Trinajstić information content (AvgIpc) is 3.37.